The lowest BCUT2D eigenvalue weighted by Crippen LogP contribution is -1.82. The molecule has 13 heavy (non-hydrogen) atoms. The summed E-state index contributed by atoms with van der Waals surface area (Å²) in [5, 5.41) is 0. The predicted molar refractivity (Wildman–Crippen MR) is 55.3 cm³/mol. The molecule has 0 heterocycles. The third kappa shape index (κ3) is 2.59. The number of hydrogen-bond acceptors (Lipinski definition) is 2. The molecule has 1 aliphatic rings. The first kappa shape index (κ1) is 8.82. The second kappa shape index (κ2) is 3.97. The molecular formula is C11H12OS. The zero-order valence-corrected chi connectivity index (χ0v) is 8.22. The van der Waals surface area contributed by atoms with Gasteiger partial charge in [0, 0.05) is 16.2 Å². The van der Waals surface area contributed by atoms with Crippen molar-refractivity contribution in [2.24, 2.45) is 5.92 Å². The number of carbonyl (C=O) groups excluding carboxylic acids is 1. The summed E-state index contributed by atoms with van der Waals surface area (Å²) in [6.07, 6.45) is 3.69. The van der Waals surface area contributed by atoms with Crippen LogP contribution in [0, 0.1) is 5.92 Å². The fourth-order valence-corrected chi connectivity index (χ4v) is 2.23. The monoisotopic (exact) mass is 192 g/mol. The minimum atomic E-state index is 0.760. The van der Waals surface area contributed by atoms with Crippen molar-refractivity contribution < 1.29 is 4.79 Å². The van der Waals surface area contributed by atoms with E-state index < -0.39 is 0 Å². The predicted octanol–water partition coefficient (Wildman–Crippen LogP) is 3.00. The Hall–Kier alpha value is -0.760. The molecule has 0 radical (unpaired) electrons. The van der Waals surface area contributed by atoms with Crippen LogP contribution in [0.15, 0.2) is 29.2 Å². The minimum absolute atomic E-state index is 0.760. The number of carbonyl (C=O) groups is 1. The van der Waals surface area contributed by atoms with E-state index >= 15 is 0 Å². The third-order valence-electron chi connectivity index (χ3n) is 2.20. The summed E-state index contributed by atoms with van der Waals surface area (Å²) < 4.78 is 0. The fraction of sp³-hybridized carbons (Fsp3) is 0.364. The minimum Gasteiger partial charge on any atom is -0.298 e. The molecule has 0 spiro atoms. The van der Waals surface area contributed by atoms with Crippen LogP contribution in [0.3, 0.4) is 0 Å². The first-order valence-electron chi connectivity index (χ1n) is 4.56. The van der Waals surface area contributed by atoms with E-state index in [0.29, 0.717) is 0 Å². The maximum Gasteiger partial charge on any atom is 0.150 e. The lowest BCUT2D eigenvalue weighted by atomic mass is 10.2. The second-order valence-electron chi connectivity index (χ2n) is 3.44. The number of benzene rings is 1. The molecule has 2 heteroatoms. The molecule has 0 aliphatic heterocycles. The molecule has 1 fully saturated rings. The molecule has 2 rings (SSSR count). The maximum absolute atomic E-state index is 10.4. The molecule has 0 aromatic heterocycles. The van der Waals surface area contributed by atoms with Crippen LogP contribution in [0.1, 0.15) is 23.2 Å². The van der Waals surface area contributed by atoms with Crippen LogP contribution in [0.25, 0.3) is 0 Å². The summed E-state index contributed by atoms with van der Waals surface area (Å²) in [6.45, 7) is 0. The van der Waals surface area contributed by atoms with E-state index in [1.54, 1.807) is 0 Å². The van der Waals surface area contributed by atoms with Crippen molar-refractivity contribution in [3.8, 4) is 0 Å². The molecule has 1 nitrogen and oxygen atoms in total. The second-order valence-corrected chi connectivity index (χ2v) is 4.53. The Bertz CT molecular complexity index is 287. The van der Waals surface area contributed by atoms with Crippen molar-refractivity contribution >= 4 is 18.0 Å². The Morgan fingerprint density at radius 2 is 2.00 bits per heavy atom. The molecule has 1 aromatic carbocycles. The van der Waals surface area contributed by atoms with Crippen LogP contribution in [0.5, 0.6) is 0 Å². The van der Waals surface area contributed by atoms with Crippen molar-refractivity contribution in [3.05, 3.63) is 29.8 Å². The lowest BCUT2D eigenvalue weighted by Gasteiger charge is -1.99. The van der Waals surface area contributed by atoms with Gasteiger partial charge in [-0.3, -0.25) is 4.79 Å². The average molecular weight is 192 g/mol. The summed E-state index contributed by atoms with van der Waals surface area (Å²) in [5.74, 6) is 2.19. The summed E-state index contributed by atoms with van der Waals surface area (Å²) >= 11 is 1.89. The van der Waals surface area contributed by atoms with Gasteiger partial charge in [0.25, 0.3) is 0 Å². The van der Waals surface area contributed by atoms with E-state index in [1.165, 1.54) is 23.5 Å². The van der Waals surface area contributed by atoms with E-state index in [0.717, 1.165) is 17.8 Å². The largest absolute Gasteiger partial charge is 0.298 e. The first-order chi connectivity index (χ1) is 6.38. The molecule has 0 N–H and O–H groups in total. The Labute approximate surface area is 82.5 Å². The molecular weight excluding hydrogens is 180 g/mol. The zero-order valence-electron chi connectivity index (χ0n) is 7.40. The molecule has 1 aromatic rings. The van der Waals surface area contributed by atoms with Gasteiger partial charge in [-0.05, 0) is 30.9 Å². The van der Waals surface area contributed by atoms with E-state index in [2.05, 4.69) is 0 Å². The van der Waals surface area contributed by atoms with E-state index in [9.17, 15) is 4.79 Å². The number of thioether (sulfide) groups is 1. The van der Waals surface area contributed by atoms with Gasteiger partial charge < -0.3 is 0 Å². The van der Waals surface area contributed by atoms with Gasteiger partial charge in [-0.15, -0.1) is 11.8 Å². The highest BCUT2D eigenvalue weighted by atomic mass is 32.2. The lowest BCUT2D eigenvalue weighted by molar-refractivity contribution is 0.112. The molecule has 0 amide bonds. The van der Waals surface area contributed by atoms with Gasteiger partial charge in [0.15, 0.2) is 0 Å². The van der Waals surface area contributed by atoms with Crippen LogP contribution >= 0.6 is 11.8 Å². The Morgan fingerprint density at radius 3 is 2.54 bits per heavy atom. The van der Waals surface area contributed by atoms with Gasteiger partial charge in [-0.25, -0.2) is 0 Å². The molecule has 1 saturated carbocycles. The van der Waals surface area contributed by atoms with Gasteiger partial charge in [0.1, 0.15) is 6.29 Å². The van der Waals surface area contributed by atoms with Crippen LogP contribution < -0.4 is 0 Å². The molecule has 1 aliphatic carbocycles. The van der Waals surface area contributed by atoms with Gasteiger partial charge in [-0.1, -0.05) is 12.1 Å². The standard InChI is InChI=1S/C11H12OS/c12-7-9-3-5-11(6-4-9)13-8-10-1-2-10/h3-7,10H,1-2,8H2. The van der Waals surface area contributed by atoms with Crippen LogP contribution in [0.4, 0.5) is 0 Å². The van der Waals surface area contributed by atoms with Crippen molar-refractivity contribution in [1.82, 2.24) is 0 Å². The molecule has 0 bridgehead atoms. The highest BCUT2D eigenvalue weighted by Gasteiger charge is 2.20. The molecule has 0 saturated heterocycles. The van der Waals surface area contributed by atoms with Crippen LogP contribution in [-0.4, -0.2) is 12.0 Å². The van der Waals surface area contributed by atoms with Crippen molar-refractivity contribution in [2.45, 2.75) is 17.7 Å². The normalized spacial score (nSPS) is 15.7. The number of rotatable bonds is 4. The summed E-state index contributed by atoms with van der Waals surface area (Å²) in [6, 6.07) is 7.80. The SMILES string of the molecule is O=Cc1ccc(SCC2CC2)cc1. The van der Waals surface area contributed by atoms with Crippen LogP contribution in [0.2, 0.25) is 0 Å². The first-order valence-corrected chi connectivity index (χ1v) is 5.55. The van der Waals surface area contributed by atoms with Crippen molar-refractivity contribution in [1.29, 1.82) is 0 Å². The highest BCUT2D eigenvalue weighted by Crippen LogP contribution is 2.34. The van der Waals surface area contributed by atoms with Gasteiger partial charge in [0.05, 0.1) is 0 Å². The Morgan fingerprint density at radius 1 is 1.31 bits per heavy atom. The van der Waals surface area contributed by atoms with Crippen molar-refractivity contribution in [2.75, 3.05) is 5.75 Å². The maximum atomic E-state index is 10.4. The van der Waals surface area contributed by atoms with E-state index in [4.69, 9.17) is 0 Å². The van der Waals surface area contributed by atoms with E-state index in [1.807, 2.05) is 36.0 Å². The topological polar surface area (TPSA) is 17.1 Å². The molecule has 0 atom stereocenters. The molecule has 68 valence electrons. The van der Waals surface area contributed by atoms with Gasteiger partial charge >= 0.3 is 0 Å². The quantitative estimate of drug-likeness (QED) is 0.539. The summed E-state index contributed by atoms with van der Waals surface area (Å²) in [7, 11) is 0. The number of hydrogen-bond donors (Lipinski definition) is 0. The fourth-order valence-electron chi connectivity index (χ4n) is 1.14. The van der Waals surface area contributed by atoms with Gasteiger partial charge in [0.2, 0.25) is 0 Å². The average Bonchev–Trinajstić information content (AvgIpc) is 2.99. The van der Waals surface area contributed by atoms with Crippen LogP contribution in [-0.2, 0) is 0 Å². The summed E-state index contributed by atoms with van der Waals surface area (Å²) in [4.78, 5) is 11.7. The third-order valence-corrected chi connectivity index (χ3v) is 3.44. The van der Waals surface area contributed by atoms with Crippen molar-refractivity contribution in [3.63, 3.8) is 0 Å². The Balaban J connectivity index is 1.91. The van der Waals surface area contributed by atoms with Gasteiger partial charge in [-0.2, -0.15) is 0 Å². The highest BCUT2D eigenvalue weighted by molar-refractivity contribution is 7.99. The molecule has 0 unspecified atom stereocenters. The smallest absolute Gasteiger partial charge is 0.150 e. The van der Waals surface area contributed by atoms with E-state index in [-0.39, 0.29) is 0 Å². The summed E-state index contributed by atoms with van der Waals surface area (Å²) in [5.41, 5.74) is 0.760. The number of aldehydes is 1. The zero-order chi connectivity index (χ0) is 9.10. The Kier molecular flexibility index (Phi) is 2.69.